The smallest absolute Gasteiger partial charge is 0.244 e. The van der Waals surface area contributed by atoms with Crippen molar-refractivity contribution in [2.24, 2.45) is 0 Å². The van der Waals surface area contributed by atoms with E-state index in [1.165, 1.54) is 7.05 Å². The predicted molar refractivity (Wildman–Crippen MR) is 111 cm³/mol. The Bertz CT molecular complexity index is 1210. The van der Waals surface area contributed by atoms with Crippen molar-refractivity contribution in [3.63, 3.8) is 0 Å². The van der Waals surface area contributed by atoms with Crippen LogP contribution < -0.4 is 10.2 Å². The molecule has 0 amide bonds. The summed E-state index contributed by atoms with van der Waals surface area (Å²) in [7, 11) is -1.39. The summed E-state index contributed by atoms with van der Waals surface area (Å²) < 4.78 is 75.1. The van der Waals surface area contributed by atoms with Gasteiger partial charge in [-0.15, -0.1) is 0 Å². The molecule has 172 valence electrons. The van der Waals surface area contributed by atoms with Gasteiger partial charge in [0.05, 0.1) is 6.61 Å². The molecule has 1 aromatic carbocycles. The first-order valence-electron chi connectivity index (χ1n) is 9.70. The highest BCUT2D eigenvalue weighted by Crippen LogP contribution is 2.43. The van der Waals surface area contributed by atoms with Crippen LogP contribution in [0.4, 0.5) is 19.0 Å². The molecule has 0 radical (unpaired) electrons. The van der Waals surface area contributed by atoms with Crippen LogP contribution in [0.15, 0.2) is 24.3 Å². The zero-order valence-corrected chi connectivity index (χ0v) is 18.4. The van der Waals surface area contributed by atoms with Crippen molar-refractivity contribution in [3.8, 4) is 0 Å². The summed E-state index contributed by atoms with van der Waals surface area (Å²) in [5.74, 6) is -3.87. The predicted octanol–water partition coefficient (Wildman–Crippen LogP) is 1.84. The zero-order chi connectivity index (χ0) is 23.4. The molecule has 2 saturated heterocycles. The van der Waals surface area contributed by atoms with Crippen LogP contribution in [0.3, 0.4) is 0 Å². The Morgan fingerprint density at radius 1 is 1.22 bits per heavy atom. The maximum atomic E-state index is 14.9. The highest BCUT2D eigenvalue weighted by atomic mass is 32.2. The van der Waals surface area contributed by atoms with E-state index < -0.39 is 44.2 Å². The molecule has 2 fully saturated rings. The zero-order valence-electron chi connectivity index (χ0n) is 17.6. The Hall–Kier alpha value is -2.86. The largest absolute Gasteiger partial charge is 0.380 e. The van der Waals surface area contributed by atoms with Gasteiger partial charge in [0.1, 0.15) is 22.4 Å². The molecule has 2 N–H and O–H groups in total. The molecule has 4 rings (SSSR count). The minimum atomic E-state index is -4.14. The van der Waals surface area contributed by atoms with Gasteiger partial charge in [-0.25, -0.2) is 30.9 Å². The fraction of sp³-hybridized carbons (Fsp3) is 0.400. The minimum Gasteiger partial charge on any atom is -0.380 e. The number of hydrogen-bond acceptors (Lipinski definition) is 6. The molecular formula is C20H22F3N5O3S. The highest BCUT2D eigenvalue weighted by Gasteiger charge is 2.60. The van der Waals surface area contributed by atoms with Crippen molar-refractivity contribution < 1.29 is 26.3 Å². The molecule has 3 heterocycles. The lowest BCUT2D eigenvalue weighted by Gasteiger charge is -2.43. The Balaban J connectivity index is 1.89. The van der Waals surface area contributed by atoms with Crippen LogP contribution in [0.1, 0.15) is 16.8 Å². The molecule has 12 heteroatoms. The molecule has 0 spiro atoms. The third kappa shape index (κ3) is 3.37. The van der Waals surface area contributed by atoms with Gasteiger partial charge in [-0.2, -0.15) is 0 Å². The number of fused-ring (bicyclic) bond motifs is 1. The van der Waals surface area contributed by atoms with Crippen LogP contribution in [-0.2, 0) is 26.9 Å². The van der Waals surface area contributed by atoms with Crippen molar-refractivity contribution in [2.45, 2.75) is 24.3 Å². The van der Waals surface area contributed by atoms with Crippen LogP contribution in [-0.4, -0.2) is 56.2 Å². The number of ether oxygens (including phenoxy) is 1. The number of sulfonamides is 1. The Morgan fingerprint density at radius 3 is 2.59 bits per heavy atom. The van der Waals surface area contributed by atoms with E-state index in [2.05, 4.69) is 10.3 Å². The average Bonchev–Trinajstić information content (AvgIpc) is 3.10. The van der Waals surface area contributed by atoms with Crippen molar-refractivity contribution in [1.29, 1.82) is 5.41 Å². The van der Waals surface area contributed by atoms with E-state index in [4.69, 9.17) is 10.1 Å². The van der Waals surface area contributed by atoms with Crippen LogP contribution in [0, 0.1) is 29.8 Å². The first-order chi connectivity index (χ1) is 15.0. The molecule has 2 aliphatic heterocycles. The van der Waals surface area contributed by atoms with Gasteiger partial charge >= 0.3 is 0 Å². The third-order valence-corrected chi connectivity index (χ3v) is 8.12. The molecule has 8 nitrogen and oxygen atoms in total. The van der Waals surface area contributed by atoms with Crippen molar-refractivity contribution >= 4 is 21.8 Å². The number of aromatic nitrogens is 1. The summed E-state index contributed by atoms with van der Waals surface area (Å²) in [5.41, 5.74) is -0.625. The number of nitrogens with one attached hydrogen (secondary N) is 2. The van der Waals surface area contributed by atoms with Gasteiger partial charge < -0.3 is 15.0 Å². The van der Waals surface area contributed by atoms with E-state index in [9.17, 15) is 21.6 Å². The van der Waals surface area contributed by atoms with Gasteiger partial charge in [-0.3, -0.25) is 5.41 Å². The molecule has 2 atom stereocenters. The summed E-state index contributed by atoms with van der Waals surface area (Å²) in [6, 6.07) is 4.59. The van der Waals surface area contributed by atoms with E-state index in [1.807, 2.05) is 6.07 Å². The lowest BCUT2D eigenvalue weighted by Crippen LogP contribution is -2.67. The number of rotatable bonds is 4. The molecular weight excluding hydrogens is 447 g/mol. The Labute approximate surface area is 183 Å². The summed E-state index contributed by atoms with van der Waals surface area (Å²) in [6.07, 6.45) is 0. The van der Waals surface area contributed by atoms with E-state index in [0.717, 1.165) is 9.87 Å². The lowest BCUT2D eigenvalue weighted by atomic mass is 9.87. The first kappa shape index (κ1) is 22.3. The number of hydrogen-bond donors (Lipinski definition) is 2. The van der Waals surface area contributed by atoms with Crippen molar-refractivity contribution in [2.75, 3.05) is 32.1 Å². The van der Waals surface area contributed by atoms with Gasteiger partial charge in [-0.05, 0) is 30.7 Å². The first-order valence-corrected chi connectivity index (χ1v) is 11.2. The number of pyridine rings is 1. The van der Waals surface area contributed by atoms with Crippen LogP contribution in [0.5, 0.6) is 0 Å². The molecule has 0 aliphatic carbocycles. The molecule has 2 aromatic rings. The maximum Gasteiger partial charge on any atom is 0.244 e. The second kappa shape index (κ2) is 7.62. The maximum absolute atomic E-state index is 14.9. The third-order valence-electron chi connectivity index (χ3n) is 5.90. The van der Waals surface area contributed by atoms with Crippen molar-refractivity contribution in [3.05, 3.63) is 58.5 Å². The number of methoxy groups -OCH3 is 1. The number of guanidine groups is 1. The van der Waals surface area contributed by atoms with Gasteiger partial charge in [0, 0.05) is 44.6 Å². The highest BCUT2D eigenvalue weighted by molar-refractivity contribution is 7.90. The Morgan fingerprint density at radius 2 is 1.91 bits per heavy atom. The van der Waals surface area contributed by atoms with Gasteiger partial charge in [0.2, 0.25) is 16.0 Å². The molecule has 2 aliphatic rings. The summed E-state index contributed by atoms with van der Waals surface area (Å²) in [4.78, 5) is 6.11. The van der Waals surface area contributed by atoms with Crippen LogP contribution >= 0.6 is 0 Å². The SMILES string of the molecule is COCc1cc(C)nc(N2CC3[C@](c4cc(F)c(F)cc4F)(C2)NC(=N)N(C)S3(=O)=O)c1. The summed E-state index contributed by atoms with van der Waals surface area (Å²) in [6.45, 7) is 1.84. The second-order valence-corrected chi connectivity index (χ2v) is 10.1. The van der Waals surface area contributed by atoms with Gasteiger partial charge in [-0.1, -0.05) is 0 Å². The minimum absolute atomic E-state index is 0.103. The molecule has 1 aromatic heterocycles. The standard InChI is InChI=1S/C20H22F3N5O3S/c1-11-4-12(9-31-3)5-18(25-11)28-8-17-20(10-28,26-19(24)27(2)32(17,29)30)13-6-15(22)16(23)7-14(13)21/h4-7,17H,8-10H2,1-3H3,(H2,24,26)/t17?,20-/m1/s1. The second-order valence-electron chi connectivity index (χ2n) is 7.98. The van der Waals surface area contributed by atoms with Gasteiger partial charge in [0.15, 0.2) is 11.6 Å². The van der Waals surface area contributed by atoms with E-state index in [1.54, 1.807) is 25.0 Å². The van der Waals surface area contributed by atoms with Crippen LogP contribution in [0.2, 0.25) is 0 Å². The fourth-order valence-electron chi connectivity index (χ4n) is 4.40. The molecule has 0 saturated carbocycles. The monoisotopic (exact) mass is 469 g/mol. The normalized spacial score (nSPS) is 24.4. The lowest BCUT2D eigenvalue weighted by molar-refractivity contribution is 0.185. The summed E-state index contributed by atoms with van der Waals surface area (Å²) >= 11 is 0. The van der Waals surface area contributed by atoms with E-state index in [-0.39, 0.29) is 18.7 Å². The van der Waals surface area contributed by atoms with Crippen LogP contribution in [0.25, 0.3) is 0 Å². The molecule has 1 unspecified atom stereocenters. The van der Waals surface area contributed by atoms with Gasteiger partial charge in [0.25, 0.3) is 0 Å². The molecule has 32 heavy (non-hydrogen) atoms. The number of benzene rings is 1. The number of halogens is 3. The fourth-order valence-corrected chi connectivity index (χ4v) is 6.22. The van der Waals surface area contributed by atoms with E-state index >= 15 is 0 Å². The Kier molecular flexibility index (Phi) is 5.32. The number of anilines is 1. The quantitative estimate of drug-likeness (QED) is 0.664. The topological polar surface area (TPSA) is 98.6 Å². The number of aryl methyl sites for hydroxylation is 1. The summed E-state index contributed by atoms with van der Waals surface area (Å²) in [5, 5.41) is 9.60. The molecule has 0 bridgehead atoms. The van der Waals surface area contributed by atoms with Crippen molar-refractivity contribution in [1.82, 2.24) is 14.6 Å². The number of nitrogens with zero attached hydrogens (tertiary/aromatic N) is 3. The average molecular weight is 469 g/mol. The van der Waals surface area contributed by atoms with E-state index in [0.29, 0.717) is 30.3 Å².